The second kappa shape index (κ2) is 8.98. The van der Waals surface area contributed by atoms with E-state index >= 15 is 0 Å². The minimum Gasteiger partial charge on any atom is -0.350 e. The van der Waals surface area contributed by atoms with Gasteiger partial charge >= 0.3 is 0 Å². The number of carbonyl (C=O) groups is 1. The molecule has 0 spiro atoms. The number of nitrogens with zero attached hydrogens (tertiary/aromatic N) is 3. The quantitative estimate of drug-likeness (QED) is 0.766. The number of hydrogen-bond donors (Lipinski definition) is 1. The highest BCUT2D eigenvalue weighted by Crippen LogP contribution is 2.36. The molecule has 1 N–H and O–H groups in total. The van der Waals surface area contributed by atoms with Gasteiger partial charge in [-0.1, -0.05) is 18.2 Å². The second-order valence-corrected chi connectivity index (χ2v) is 8.33. The first-order valence-corrected chi connectivity index (χ1v) is 9.93. The van der Waals surface area contributed by atoms with Gasteiger partial charge in [0.25, 0.3) is 5.91 Å². The van der Waals surface area contributed by atoms with Gasteiger partial charge in [-0.25, -0.2) is 0 Å². The zero-order valence-electron chi connectivity index (χ0n) is 16.5. The highest BCUT2D eigenvalue weighted by Gasteiger charge is 2.40. The molecule has 3 heterocycles. The SMILES string of the molecule is CN(C)CCN(C)C[C@@H]1CN2CC[C@H]1C[C@@H]2CNC(=O)c1ccccc1. The lowest BCUT2D eigenvalue weighted by atomic mass is 9.75. The van der Waals surface area contributed by atoms with Crippen LogP contribution in [-0.4, -0.2) is 87.1 Å². The molecule has 1 amide bonds. The topological polar surface area (TPSA) is 38.8 Å². The third kappa shape index (κ3) is 5.06. The largest absolute Gasteiger partial charge is 0.350 e. The van der Waals surface area contributed by atoms with E-state index in [1.165, 1.54) is 32.5 Å². The number of carbonyl (C=O) groups excluding carboxylic acids is 1. The van der Waals surface area contributed by atoms with Crippen LogP contribution in [0.15, 0.2) is 30.3 Å². The highest BCUT2D eigenvalue weighted by atomic mass is 16.1. The zero-order chi connectivity index (χ0) is 18.5. The molecule has 1 aromatic carbocycles. The number of amides is 1. The van der Waals surface area contributed by atoms with Crippen molar-refractivity contribution in [2.75, 3.05) is 60.4 Å². The monoisotopic (exact) mass is 358 g/mol. The Bertz CT molecular complexity index is 577. The fraction of sp³-hybridized carbons (Fsp3) is 0.667. The Balaban J connectivity index is 1.45. The van der Waals surface area contributed by atoms with Gasteiger partial charge < -0.3 is 15.1 Å². The Morgan fingerprint density at radius 1 is 1.19 bits per heavy atom. The molecule has 2 bridgehead atoms. The lowest BCUT2D eigenvalue weighted by molar-refractivity contribution is -0.00916. The van der Waals surface area contributed by atoms with Gasteiger partial charge in [-0.15, -0.1) is 0 Å². The molecule has 0 saturated carbocycles. The molecule has 0 aromatic heterocycles. The van der Waals surface area contributed by atoms with Crippen LogP contribution < -0.4 is 5.32 Å². The van der Waals surface area contributed by atoms with E-state index in [0.29, 0.717) is 6.04 Å². The van der Waals surface area contributed by atoms with Gasteiger partial charge in [0.15, 0.2) is 0 Å². The third-order valence-corrected chi connectivity index (χ3v) is 6.02. The fourth-order valence-corrected chi connectivity index (χ4v) is 4.43. The number of piperidine rings is 3. The molecule has 3 saturated heterocycles. The molecular formula is C21H34N4O. The lowest BCUT2D eigenvalue weighted by Gasteiger charge is -2.50. The van der Waals surface area contributed by atoms with Crippen LogP contribution in [0.5, 0.6) is 0 Å². The lowest BCUT2D eigenvalue weighted by Crippen LogP contribution is -2.58. The van der Waals surface area contributed by atoms with Crippen molar-refractivity contribution in [1.82, 2.24) is 20.0 Å². The van der Waals surface area contributed by atoms with E-state index in [1.807, 2.05) is 30.3 Å². The maximum absolute atomic E-state index is 12.3. The van der Waals surface area contributed by atoms with Crippen molar-refractivity contribution in [2.45, 2.75) is 18.9 Å². The predicted octanol–water partition coefficient (Wildman–Crippen LogP) is 1.62. The minimum atomic E-state index is 0.0493. The molecule has 0 radical (unpaired) electrons. The van der Waals surface area contributed by atoms with Crippen molar-refractivity contribution >= 4 is 5.91 Å². The fourth-order valence-electron chi connectivity index (χ4n) is 4.43. The number of fused-ring (bicyclic) bond motifs is 3. The maximum atomic E-state index is 12.3. The second-order valence-electron chi connectivity index (χ2n) is 8.33. The molecule has 3 aliphatic heterocycles. The Morgan fingerprint density at radius 2 is 1.96 bits per heavy atom. The van der Waals surface area contributed by atoms with Crippen molar-refractivity contribution in [3.63, 3.8) is 0 Å². The van der Waals surface area contributed by atoms with E-state index < -0.39 is 0 Å². The maximum Gasteiger partial charge on any atom is 0.251 e. The van der Waals surface area contributed by atoms with Crippen LogP contribution in [0, 0.1) is 11.8 Å². The molecule has 0 aliphatic carbocycles. The van der Waals surface area contributed by atoms with Crippen molar-refractivity contribution in [1.29, 1.82) is 0 Å². The number of likely N-dealkylation sites (N-methyl/N-ethyl adjacent to an activating group) is 2. The van der Waals surface area contributed by atoms with Gasteiger partial charge in [-0.05, 0) is 64.5 Å². The van der Waals surface area contributed by atoms with Gasteiger partial charge in [0.2, 0.25) is 0 Å². The van der Waals surface area contributed by atoms with Crippen molar-refractivity contribution in [3.8, 4) is 0 Å². The zero-order valence-corrected chi connectivity index (χ0v) is 16.5. The molecule has 144 valence electrons. The van der Waals surface area contributed by atoms with Crippen LogP contribution in [0.4, 0.5) is 0 Å². The van der Waals surface area contributed by atoms with E-state index in [0.717, 1.165) is 37.0 Å². The summed E-state index contributed by atoms with van der Waals surface area (Å²) in [7, 11) is 6.52. The third-order valence-electron chi connectivity index (χ3n) is 6.02. The molecule has 26 heavy (non-hydrogen) atoms. The van der Waals surface area contributed by atoms with E-state index in [4.69, 9.17) is 0 Å². The molecular weight excluding hydrogens is 324 g/mol. The normalized spacial score (nSPS) is 27.9. The van der Waals surface area contributed by atoms with E-state index in [-0.39, 0.29) is 5.91 Å². The molecule has 3 aliphatic rings. The molecule has 3 fully saturated rings. The first-order chi connectivity index (χ1) is 12.5. The van der Waals surface area contributed by atoms with E-state index in [1.54, 1.807) is 0 Å². The van der Waals surface area contributed by atoms with E-state index in [2.05, 4.69) is 41.2 Å². The molecule has 4 rings (SSSR count). The number of benzene rings is 1. The summed E-state index contributed by atoms with van der Waals surface area (Å²) < 4.78 is 0. The Labute approximate surface area is 158 Å². The van der Waals surface area contributed by atoms with Gasteiger partial charge in [0.1, 0.15) is 0 Å². The average molecular weight is 359 g/mol. The van der Waals surface area contributed by atoms with Gasteiger partial charge in [0.05, 0.1) is 0 Å². The summed E-state index contributed by atoms with van der Waals surface area (Å²) in [5, 5.41) is 3.15. The van der Waals surface area contributed by atoms with Crippen LogP contribution in [0.3, 0.4) is 0 Å². The Hall–Kier alpha value is -1.43. The average Bonchev–Trinajstić information content (AvgIpc) is 2.66. The van der Waals surface area contributed by atoms with E-state index in [9.17, 15) is 4.79 Å². The van der Waals surface area contributed by atoms with Crippen molar-refractivity contribution < 1.29 is 4.79 Å². The number of hydrogen-bond acceptors (Lipinski definition) is 4. The summed E-state index contributed by atoms with van der Waals surface area (Å²) >= 11 is 0. The van der Waals surface area contributed by atoms with Crippen LogP contribution in [0.25, 0.3) is 0 Å². The summed E-state index contributed by atoms with van der Waals surface area (Å²) in [6.07, 6.45) is 2.54. The first-order valence-electron chi connectivity index (χ1n) is 9.93. The van der Waals surface area contributed by atoms with Crippen LogP contribution in [-0.2, 0) is 0 Å². The number of rotatable bonds is 8. The van der Waals surface area contributed by atoms with Gasteiger partial charge in [-0.3, -0.25) is 9.69 Å². The molecule has 1 unspecified atom stereocenters. The molecule has 5 nitrogen and oxygen atoms in total. The van der Waals surface area contributed by atoms with Crippen LogP contribution >= 0.6 is 0 Å². The van der Waals surface area contributed by atoms with Crippen molar-refractivity contribution in [2.24, 2.45) is 11.8 Å². The molecule has 5 heteroatoms. The summed E-state index contributed by atoms with van der Waals surface area (Å²) in [4.78, 5) is 19.6. The predicted molar refractivity (Wildman–Crippen MR) is 106 cm³/mol. The summed E-state index contributed by atoms with van der Waals surface area (Å²) in [6, 6.07) is 10.0. The minimum absolute atomic E-state index is 0.0493. The van der Waals surface area contributed by atoms with Crippen molar-refractivity contribution in [3.05, 3.63) is 35.9 Å². The summed E-state index contributed by atoms with van der Waals surface area (Å²) in [5.74, 6) is 1.63. The smallest absolute Gasteiger partial charge is 0.251 e. The molecule has 4 atom stereocenters. The first kappa shape index (κ1) is 19.3. The van der Waals surface area contributed by atoms with Gasteiger partial charge in [0, 0.05) is 44.3 Å². The highest BCUT2D eigenvalue weighted by molar-refractivity contribution is 5.94. The van der Waals surface area contributed by atoms with Crippen LogP contribution in [0.2, 0.25) is 0 Å². The number of nitrogens with one attached hydrogen (secondary N) is 1. The molecule has 1 aromatic rings. The Kier molecular flexibility index (Phi) is 6.68. The Morgan fingerprint density at radius 3 is 2.62 bits per heavy atom. The van der Waals surface area contributed by atoms with Gasteiger partial charge in [-0.2, -0.15) is 0 Å². The van der Waals surface area contributed by atoms with Crippen LogP contribution in [0.1, 0.15) is 23.2 Å². The summed E-state index contributed by atoms with van der Waals surface area (Å²) in [5.41, 5.74) is 0.754. The summed E-state index contributed by atoms with van der Waals surface area (Å²) in [6.45, 7) is 6.58. The standard InChI is InChI=1S/C21H34N4O/c1-23(2)11-12-24(3)15-19-16-25-10-9-18(19)13-20(25)14-22-21(26)17-7-5-4-6-8-17/h4-8,18-20H,9-16H2,1-3H3,(H,22,26)/t18-,19+,20+/m0/s1.